The lowest BCUT2D eigenvalue weighted by atomic mass is 10.0. The molecule has 4 heteroatoms. The standard InChI is InChI=1S/C21H27O3P/c1-2-3-4-5-6-7-8-11-18-14-16-19(17-15-18)22-25-23-20-12-9-10-13-21(20)24-25/h9-10,12-17H,2-8,11H2,1H3. The Morgan fingerprint density at radius 2 is 1.36 bits per heavy atom. The SMILES string of the molecule is CCCCCCCCCc1ccc(OP2Oc3ccccc3O2)cc1. The lowest BCUT2D eigenvalue weighted by Gasteiger charge is -2.09. The summed E-state index contributed by atoms with van der Waals surface area (Å²) in [5.41, 5.74) is 1.37. The zero-order valence-corrected chi connectivity index (χ0v) is 15.8. The van der Waals surface area contributed by atoms with Crippen molar-refractivity contribution in [3.63, 3.8) is 0 Å². The minimum Gasteiger partial charge on any atom is -0.409 e. The van der Waals surface area contributed by atoms with Crippen LogP contribution in [0.25, 0.3) is 0 Å². The van der Waals surface area contributed by atoms with Crippen LogP contribution in [-0.2, 0) is 6.42 Å². The summed E-state index contributed by atoms with van der Waals surface area (Å²) in [5, 5.41) is 0. The van der Waals surface area contributed by atoms with Crippen molar-refractivity contribution in [2.75, 3.05) is 0 Å². The molecule has 3 rings (SSSR count). The van der Waals surface area contributed by atoms with Crippen molar-refractivity contribution in [1.29, 1.82) is 0 Å². The fraction of sp³-hybridized carbons (Fsp3) is 0.429. The van der Waals surface area contributed by atoms with Gasteiger partial charge in [0.05, 0.1) is 0 Å². The summed E-state index contributed by atoms with van der Waals surface area (Å²) >= 11 is 0. The summed E-state index contributed by atoms with van der Waals surface area (Å²) in [5.74, 6) is 2.30. The van der Waals surface area contributed by atoms with Gasteiger partial charge >= 0.3 is 8.60 Å². The molecule has 1 heterocycles. The molecule has 0 amide bonds. The van der Waals surface area contributed by atoms with Crippen LogP contribution in [0.2, 0.25) is 0 Å². The molecule has 0 saturated heterocycles. The molecule has 1 aliphatic rings. The topological polar surface area (TPSA) is 27.7 Å². The third kappa shape index (κ3) is 5.64. The van der Waals surface area contributed by atoms with E-state index in [2.05, 4.69) is 19.1 Å². The van der Waals surface area contributed by atoms with E-state index in [1.54, 1.807) is 0 Å². The van der Waals surface area contributed by atoms with Crippen LogP contribution in [0.4, 0.5) is 0 Å². The van der Waals surface area contributed by atoms with E-state index in [1.165, 1.54) is 50.5 Å². The van der Waals surface area contributed by atoms with E-state index < -0.39 is 8.60 Å². The highest BCUT2D eigenvalue weighted by Gasteiger charge is 2.29. The van der Waals surface area contributed by atoms with Crippen molar-refractivity contribution >= 4 is 8.60 Å². The van der Waals surface area contributed by atoms with E-state index in [0.717, 1.165) is 23.7 Å². The Kier molecular flexibility index (Phi) is 6.99. The highest BCUT2D eigenvalue weighted by molar-refractivity contribution is 7.43. The molecule has 0 radical (unpaired) electrons. The van der Waals surface area contributed by atoms with Gasteiger partial charge in [0.15, 0.2) is 11.5 Å². The predicted octanol–water partition coefficient (Wildman–Crippen LogP) is 7.06. The average Bonchev–Trinajstić information content (AvgIpc) is 3.04. The number of benzene rings is 2. The molecule has 25 heavy (non-hydrogen) atoms. The van der Waals surface area contributed by atoms with E-state index in [9.17, 15) is 0 Å². The van der Waals surface area contributed by atoms with Crippen LogP contribution in [0.1, 0.15) is 57.4 Å². The summed E-state index contributed by atoms with van der Waals surface area (Å²) in [6.45, 7) is 2.26. The Morgan fingerprint density at radius 1 is 0.760 bits per heavy atom. The number of para-hydroxylation sites is 2. The van der Waals surface area contributed by atoms with E-state index in [0.29, 0.717) is 0 Å². The zero-order valence-electron chi connectivity index (χ0n) is 14.9. The van der Waals surface area contributed by atoms with Gasteiger partial charge in [0.25, 0.3) is 0 Å². The second kappa shape index (κ2) is 9.68. The van der Waals surface area contributed by atoms with Crippen molar-refractivity contribution in [1.82, 2.24) is 0 Å². The van der Waals surface area contributed by atoms with Crippen molar-refractivity contribution in [3.05, 3.63) is 54.1 Å². The summed E-state index contributed by atoms with van der Waals surface area (Å²) in [7, 11) is -1.38. The maximum atomic E-state index is 5.81. The molecular formula is C21H27O3P. The first-order valence-electron chi connectivity index (χ1n) is 9.37. The molecule has 0 atom stereocenters. The Labute approximate surface area is 152 Å². The van der Waals surface area contributed by atoms with Gasteiger partial charge in [-0.2, -0.15) is 0 Å². The molecule has 0 aliphatic carbocycles. The van der Waals surface area contributed by atoms with Crippen molar-refractivity contribution in [3.8, 4) is 17.2 Å². The van der Waals surface area contributed by atoms with Gasteiger partial charge in [-0.05, 0) is 42.7 Å². The fourth-order valence-electron chi connectivity index (χ4n) is 2.91. The molecule has 0 unspecified atom stereocenters. The molecule has 0 aromatic heterocycles. The second-order valence-electron chi connectivity index (χ2n) is 6.46. The van der Waals surface area contributed by atoms with Gasteiger partial charge in [-0.15, -0.1) is 0 Å². The maximum absolute atomic E-state index is 5.81. The van der Waals surface area contributed by atoms with Crippen molar-refractivity contribution in [2.24, 2.45) is 0 Å². The van der Waals surface area contributed by atoms with Gasteiger partial charge in [0.2, 0.25) is 0 Å². The third-order valence-electron chi connectivity index (χ3n) is 4.37. The average molecular weight is 358 g/mol. The second-order valence-corrected chi connectivity index (χ2v) is 7.45. The monoisotopic (exact) mass is 358 g/mol. The molecule has 134 valence electrons. The quantitative estimate of drug-likeness (QED) is 0.336. The van der Waals surface area contributed by atoms with Gasteiger partial charge in [-0.1, -0.05) is 69.7 Å². The summed E-state index contributed by atoms with van der Waals surface area (Å²) < 4.78 is 17.2. The first-order valence-corrected chi connectivity index (χ1v) is 10.5. The van der Waals surface area contributed by atoms with Crippen LogP contribution in [0.3, 0.4) is 0 Å². The largest absolute Gasteiger partial charge is 0.530 e. The lowest BCUT2D eigenvalue weighted by Crippen LogP contribution is -1.95. The molecule has 0 spiro atoms. The maximum Gasteiger partial charge on any atom is 0.530 e. The number of rotatable bonds is 10. The highest BCUT2D eigenvalue weighted by atomic mass is 31.2. The molecule has 0 bridgehead atoms. The Hall–Kier alpha value is -1.73. The smallest absolute Gasteiger partial charge is 0.409 e. The molecule has 0 N–H and O–H groups in total. The van der Waals surface area contributed by atoms with Crippen LogP contribution in [-0.4, -0.2) is 0 Å². The van der Waals surface area contributed by atoms with Gasteiger partial charge in [-0.25, -0.2) is 0 Å². The zero-order chi connectivity index (χ0) is 17.3. The Morgan fingerprint density at radius 3 is 2.00 bits per heavy atom. The molecule has 3 nitrogen and oxygen atoms in total. The highest BCUT2D eigenvalue weighted by Crippen LogP contribution is 2.52. The van der Waals surface area contributed by atoms with E-state index in [4.69, 9.17) is 13.6 Å². The van der Waals surface area contributed by atoms with Crippen LogP contribution in [0, 0.1) is 0 Å². The summed E-state index contributed by atoms with van der Waals surface area (Å²) in [6.07, 6.45) is 10.6. The van der Waals surface area contributed by atoms with Crippen molar-refractivity contribution in [2.45, 2.75) is 58.3 Å². The number of aryl methyl sites for hydroxylation is 1. The minimum absolute atomic E-state index is 0.754. The molecular weight excluding hydrogens is 331 g/mol. The van der Waals surface area contributed by atoms with E-state index in [-0.39, 0.29) is 0 Å². The normalized spacial score (nSPS) is 13.2. The Balaban J connectivity index is 1.37. The molecule has 2 aromatic carbocycles. The van der Waals surface area contributed by atoms with Gasteiger partial charge < -0.3 is 13.6 Å². The number of fused-ring (bicyclic) bond motifs is 1. The van der Waals surface area contributed by atoms with Gasteiger partial charge in [-0.3, -0.25) is 0 Å². The van der Waals surface area contributed by atoms with Crippen LogP contribution in [0.15, 0.2) is 48.5 Å². The van der Waals surface area contributed by atoms with Crippen molar-refractivity contribution < 1.29 is 13.6 Å². The van der Waals surface area contributed by atoms with Crippen LogP contribution in [0.5, 0.6) is 17.2 Å². The lowest BCUT2D eigenvalue weighted by molar-refractivity contribution is 0.435. The fourth-order valence-corrected chi connectivity index (χ4v) is 3.94. The van der Waals surface area contributed by atoms with Gasteiger partial charge in [0, 0.05) is 0 Å². The van der Waals surface area contributed by atoms with E-state index >= 15 is 0 Å². The molecule has 1 aliphatic heterocycles. The predicted molar refractivity (Wildman–Crippen MR) is 103 cm³/mol. The minimum atomic E-state index is -1.38. The molecule has 0 saturated carbocycles. The van der Waals surface area contributed by atoms with E-state index in [1.807, 2.05) is 36.4 Å². The first-order chi connectivity index (χ1) is 12.3. The number of unbranched alkanes of at least 4 members (excludes halogenated alkanes) is 6. The summed E-state index contributed by atoms with van der Waals surface area (Å²) in [4.78, 5) is 0. The number of hydrogen-bond donors (Lipinski definition) is 0. The molecule has 2 aromatic rings. The Bertz CT molecular complexity index is 617. The van der Waals surface area contributed by atoms with Gasteiger partial charge in [0.1, 0.15) is 5.75 Å². The third-order valence-corrected chi connectivity index (χ3v) is 5.42. The number of hydrogen-bond acceptors (Lipinski definition) is 3. The summed E-state index contributed by atoms with van der Waals surface area (Å²) in [6, 6.07) is 16.0. The van der Waals surface area contributed by atoms with Crippen LogP contribution >= 0.6 is 8.60 Å². The molecule has 0 fully saturated rings. The van der Waals surface area contributed by atoms with Crippen LogP contribution < -0.4 is 13.6 Å². The first kappa shape index (κ1) is 18.1.